The summed E-state index contributed by atoms with van der Waals surface area (Å²) in [5, 5.41) is 1.13. The Morgan fingerprint density at radius 3 is 2.89 bits per heavy atom. The number of aromatic nitrogens is 1. The maximum atomic E-state index is 12.8. The zero-order chi connectivity index (χ0) is 19.7. The lowest BCUT2D eigenvalue weighted by molar-refractivity contribution is -0.146. The average molecular weight is 380 g/mol. The lowest BCUT2D eigenvalue weighted by Gasteiger charge is -2.26. The number of Topliss-reactive ketones (excluding diaryl/α,β-unsaturated/α-hetero) is 1. The molecule has 0 bridgehead atoms. The topological polar surface area (TPSA) is 62.4 Å². The molecule has 1 aromatic heterocycles. The number of H-pyrrole nitrogens is 1. The van der Waals surface area contributed by atoms with E-state index in [1.165, 1.54) is 7.11 Å². The minimum Gasteiger partial charge on any atom is -0.468 e. The van der Waals surface area contributed by atoms with Gasteiger partial charge in [0.25, 0.3) is 0 Å². The lowest BCUT2D eigenvalue weighted by Crippen LogP contribution is -2.42. The molecule has 5 heteroatoms. The number of fused-ring (bicyclic) bond motifs is 2. The molecule has 1 N–H and O–H groups in total. The molecule has 4 rings (SSSR count). The van der Waals surface area contributed by atoms with Gasteiger partial charge in [0.05, 0.1) is 7.11 Å². The number of nitrogens with one attached hydrogen (secondary N) is 1. The summed E-state index contributed by atoms with van der Waals surface area (Å²) in [5.74, 6) is 0.293. The van der Waals surface area contributed by atoms with Crippen LogP contribution in [0.5, 0.6) is 0 Å². The number of carbonyl (C=O) groups is 2. The predicted octanol–water partition coefficient (Wildman–Crippen LogP) is 3.50. The molecular formula is C23H28N2O3. The number of nitrogens with zero attached hydrogens (tertiary/aromatic N) is 1. The molecule has 1 aromatic carbocycles. The molecule has 0 spiro atoms. The van der Waals surface area contributed by atoms with Gasteiger partial charge >= 0.3 is 5.97 Å². The fraction of sp³-hybridized carbons (Fsp3) is 0.478. The van der Waals surface area contributed by atoms with E-state index in [1.54, 1.807) is 0 Å². The molecule has 2 unspecified atom stereocenters. The van der Waals surface area contributed by atoms with Crippen molar-refractivity contribution >= 4 is 22.7 Å². The maximum Gasteiger partial charge on any atom is 0.323 e. The summed E-state index contributed by atoms with van der Waals surface area (Å²) in [6.45, 7) is 3.53. The van der Waals surface area contributed by atoms with Gasteiger partial charge in [0.1, 0.15) is 6.04 Å². The Hall–Kier alpha value is -2.40. The van der Waals surface area contributed by atoms with Crippen LogP contribution in [0.1, 0.15) is 31.7 Å². The average Bonchev–Trinajstić information content (AvgIpc) is 3.39. The first-order valence-corrected chi connectivity index (χ1v) is 10.2. The number of aromatic amines is 1. The van der Waals surface area contributed by atoms with Crippen molar-refractivity contribution in [3.05, 3.63) is 47.7 Å². The van der Waals surface area contributed by atoms with Crippen LogP contribution in [0.15, 0.2) is 42.1 Å². The van der Waals surface area contributed by atoms with E-state index in [0.717, 1.165) is 47.8 Å². The van der Waals surface area contributed by atoms with Crippen molar-refractivity contribution < 1.29 is 14.3 Å². The van der Waals surface area contributed by atoms with Crippen molar-refractivity contribution in [3.63, 3.8) is 0 Å². The van der Waals surface area contributed by atoms with Crippen LogP contribution in [-0.4, -0.2) is 47.9 Å². The number of hydrogen-bond donors (Lipinski definition) is 1. The quantitative estimate of drug-likeness (QED) is 0.747. The van der Waals surface area contributed by atoms with Crippen LogP contribution in [0, 0.1) is 11.8 Å². The SMILES string of the molecule is CCCCC1=CC2CN([C@@H](Cc3c[nH]c4ccccc34)C(=O)OC)CC2C1=O. The molecule has 1 fully saturated rings. The third kappa shape index (κ3) is 3.39. The third-order valence-electron chi connectivity index (χ3n) is 6.26. The normalized spacial score (nSPS) is 23.1. The fourth-order valence-electron chi connectivity index (χ4n) is 4.72. The number of allylic oxidation sites excluding steroid dienone is 1. The Labute approximate surface area is 165 Å². The highest BCUT2D eigenvalue weighted by Gasteiger charge is 2.45. The first kappa shape index (κ1) is 18.9. The summed E-state index contributed by atoms with van der Waals surface area (Å²) >= 11 is 0. The van der Waals surface area contributed by atoms with Gasteiger partial charge in [0.15, 0.2) is 5.78 Å². The second-order valence-electron chi connectivity index (χ2n) is 7.99. The molecule has 28 heavy (non-hydrogen) atoms. The van der Waals surface area contributed by atoms with E-state index in [9.17, 15) is 9.59 Å². The molecule has 0 saturated carbocycles. The number of methoxy groups -OCH3 is 1. The van der Waals surface area contributed by atoms with Gasteiger partial charge in [0.2, 0.25) is 0 Å². The van der Waals surface area contributed by atoms with Gasteiger partial charge in [0, 0.05) is 48.4 Å². The highest BCUT2D eigenvalue weighted by Crippen LogP contribution is 2.37. The molecule has 0 radical (unpaired) electrons. The Bertz CT molecular complexity index is 913. The summed E-state index contributed by atoms with van der Waals surface area (Å²) in [7, 11) is 1.44. The Balaban J connectivity index is 1.53. The number of para-hydroxylation sites is 1. The van der Waals surface area contributed by atoms with Crippen LogP contribution in [0.4, 0.5) is 0 Å². The van der Waals surface area contributed by atoms with Gasteiger partial charge in [-0.15, -0.1) is 0 Å². The van der Waals surface area contributed by atoms with Gasteiger partial charge in [-0.1, -0.05) is 37.6 Å². The van der Waals surface area contributed by atoms with Crippen LogP contribution in [0.25, 0.3) is 10.9 Å². The molecule has 148 valence electrons. The molecular weight excluding hydrogens is 352 g/mol. The van der Waals surface area contributed by atoms with Crippen LogP contribution >= 0.6 is 0 Å². The highest BCUT2D eigenvalue weighted by molar-refractivity contribution is 6.00. The van der Waals surface area contributed by atoms with Crippen molar-refractivity contribution in [1.82, 2.24) is 9.88 Å². The van der Waals surface area contributed by atoms with Crippen LogP contribution in [0.3, 0.4) is 0 Å². The lowest BCUT2D eigenvalue weighted by atomic mass is 9.97. The van der Waals surface area contributed by atoms with E-state index in [1.807, 2.05) is 24.4 Å². The van der Waals surface area contributed by atoms with Crippen molar-refractivity contribution in [2.45, 2.75) is 38.6 Å². The second kappa shape index (κ2) is 7.92. The monoisotopic (exact) mass is 380 g/mol. The maximum absolute atomic E-state index is 12.8. The minimum absolute atomic E-state index is 0.00183. The first-order chi connectivity index (χ1) is 13.6. The molecule has 2 heterocycles. The molecule has 1 aliphatic carbocycles. The first-order valence-electron chi connectivity index (χ1n) is 10.2. The van der Waals surface area contributed by atoms with E-state index in [2.05, 4.69) is 29.0 Å². The van der Waals surface area contributed by atoms with Crippen molar-refractivity contribution in [3.8, 4) is 0 Å². The molecule has 2 aliphatic rings. The molecule has 1 saturated heterocycles. The highest BCUT2D eigenvalue weighted by atomic mass is 16.5. The van der Waals surface area contributed by atoms with E-state index < -0.39 is 0 Å². The standard InChI is InChI=1S/C23H28N2O3/c1-3-4-7-15-10-17-13-25(14-19(17)22(15)26)21(23(27)28-2)11-16-12-24-20-9-6-5-8-18(16)20/h5-6,8-10,12,17,19,21,24H,3-4,7,11,13-14H2,1-2H3/t17?,19?,21-/m0/s1. The number of rotatable bonds is 7. The van der Waals surface area contributed by atoms with Gasteiger partial charge < -0.3 is 9.72 Å². The van der Waals surface area contributed by atoms with Crippen LogP contribution < -0.4 is 0 Å². The van der Waals surface area contributed by atoms with Gasteiger partial charge in [-0.2, -0.15) is 0 Å². The molecule has 5 nitrogen and oxygen atoms in total. The number of hydrogen-bond acceptors (Lipinski definition) is 4. The largest absolute Gasteiger partial charge is 0.468 e. The summed E-state index contributed by atoms with van der Waals surface area (Å²) in [4.78, 5) is 30.8. The summed E-state index contributed by atoms with van der Waals surface area (Å²) < 4.78 is 5.12. The van der Waals surface area contributed by atoms with E-state index in [-0.39, 0.29) is 29.6 Å². The van der Waals surface area contributed by atoms with E-state index >= 15 is 0 Å². The van der Waals surface area contributed by atoms with Gasteiger partial charge in [-0.05, 0) is 30.0 Å². The molecule has 0 amide bonds. The molecule has 1 aliphatic heterocycles. The number of benzene rings is 1. The van der Waals surface area contributed by atoms with E-state index in [4.69, 9.17) is 4.74 Å². The predicted molar refractivity (Wildman–Crippen MR) is 109 cm³/mol. The number of esters is 1. The van der Waals surface area contributed by atoms with Crippen molar-refractivity contribution in [1.29, 1.82) is 0 Å². The Morgan fingerprint density at radius 2 is 2.14 bits per heavy atom. The van der Waals surface area contributed by atoms with Gasteiger partial charge in [-0.3, -0.25) is 14.5 Å². The van der Waals surface area contributed by atoms with Crippen molar-refractivity contribution in [2.24, 2.45) is 11.8 Å². The number of likely N-dealkylation sites (tertiary alicyclic amines) is 1. The second-order valence-corrected chi connectivity index (χ2v) is 7.99. The van der Waals surface area contributed by atoms with Crippen LogP contribution in [0.2, 0.25) is 0 Å². The number of ether oxygens (including phenoxy) is 1. The van der Waals surface area contributed by atoms with Gasteiger partial charge in [-0.25, -0.2) is 0 Å². The minimum atomic E-state index is -0.366. The smallest absolute Gasteiger partial charge is 0.323 e. The Morgan fingerprint density at radius 1 is 1.32 bits per heavy atom. The summed E-state index contributed by atoms with van der Waals surface area (Å²) in [6.07, 6.45) is 7.77. The summed E-state index contributed by atoms with van der Waals surface area (Å²) in [6, 6.07) is 7.74. The number of ketones is 1. The molecule has 2 aromatic rings. The number of carbonyl (C=O) groups excluding carboxylic acids is 2. The number of unbranched alkanes of at least 4 members (excludes halogenated alkanes) is 1. The Kier molecular flexibility index (Phi) is 5.36. The fourth-order valence-corrected chi connectivity index (χ4v) is 4.72. The third-order valence-corrected chi connectivity index (χ3v) is 6.26. The van der Waals surface area contributed by atoms with E-state index in [0.29, 0.717) is 13.0 Å². The summed E-state index contributed by atoms with van der Waals surface area (Å²) in [5.41, 5.74) is 3.18. The van der Waals surface area contributed by atoms with Crippen LogP contribution in [-0.2, 0) is 20.7 Å². The zero-order valence-corrected chi connectivity index (χ0v) is 16.6. The zero-order valence-electron chi connectivity index (χ0n) is 16.6. The molecule has 3 atom stereocenters. The van der Waals surface area contributed by atoms with Crippen molar-refractivity contribution in [2.75, 3.05) is 20.2 Å².